The van der Waals surface area contributed by atoms with E-state index in [1.54, 1.807) is 0 Å². The highest BCUT2D eigenvalue weighted by molar-refractivity contribution is 6.00. The lowest BCUT2D eigenvalue weighted by Crippen LogP contribution is -2.19. The van der Waals surface area contributed by atoms with Crippen LogP contribution in [0.4, 0.5) is 0 Å². The fourth-order valence-electron chi connectivity index (χ4n) is 2.91. The van der Waals surface area contributed by atoms with Gasteiger partial charge in [-0.3, -0.25) is 9.59 Å². The van der Waals surface area contributed by atoms with Crippen molar-refractivity contribution in [2.75, 3.05) is 7.11 Å². The van der Waals surface area contributed by atoms with Gasteiger partial charge in [0.1, 0.15) is 11.7 Å². The largest absolute Gasteiger partial charge is 0.468 e. The van der Waals surface area contributed by atoms with Crippen LogP contribution in [0, 0.1) is 11.8 Å². The van der Waals surface area contributed by atoms with E-state index in [-0.39, 0.29) is 17.7 Å². The maximum atomic E-state index is 11.8. The van der Waals surface area contributed by atoms with Crippen LogP contribution in [0.3, 0.4) is 0 Å². The summed E-state index contributed by atoms with van der Waals surface area (Å²) in [6.07, 6.45) is 3.00. The summed E-state index contributed by atoms with van der Waals surface area (Å²) in [7, 11) is 1.34. The molecule has 1 saturated carbocycles. The Balaban J connectivity index is 2.05. The normalized spacial score (nSPS) is 22.5. The molecule has 0 N–H and O–H groups in total. The predicted octanol–water partition coefficient (Wildman–Crippen LogP) is 2.56. The van der Waals surface area contributed by atoms with Gasteiger partial charge < -0.3 is 4.74 Å². The Morgan fingerprint density at radius 3 is 2.63 bits per heavy atom. The van der Waals surface area contributed by atoms with Gasteiger partial charge in [-0.2, -0.15) is 0 Å². The van der Waals surface area contributed by atoms with Crippen LogP contribution in [-0.4, -0.2) is 18.9 Å². The van der Waals surface area contributed by atoms with E-state index in [1.165, 1.54) is 18.2 Å². The molecule has 0 aliphatic heterocycles. The molecule has 0 aromatic heterocycles. The molecule has 1 aromatic rings. The minimum atomic E-state index is -0.538. The third-order valence-corrected chi connectivity index (χ3v) is 3.94. The second-order valence-electron chi connectivity index (χ2n) is 5.17. The van der Waals surface area contributed by atoms with Crippen molar-refractivity contribution in [3.63, 3.8) is 0 Å². The number of esters is 1. The van der Waals surface area contributed by atoms with Crippen LogP contribution < -0.4 is 0 Å². The first kappa shape index (κ1) is 13.8. The number of aryl methyl sites for hydroxylation is 1. The van der Waals surface area contributed by atoms with Crippen LogP contribution >= 0.6 is 0 Å². The molecule has 0 heterocycles. The maximum absolute atomic E-state index is 11.8. The third kappa shape index (κ3) is 3.03. The standard InChI is InChI=1S/C16H20O3/c1-3-12-6-4-5-7-13(12)8-11-9-14(15(17)10-11)16(18)19-2/h4-7,11,14H,3,8-10H2,1-2H3. The fraction of sp³-hybridized carbons (Fsp3) is 0.500. The number of hydrogen-bond donors (Lipinski definition) is 0. The van der Waals surface area contributed by atoms with Crippen LogP contribution in [0.15, 0.2) is 24.3 Å². The minimum absolute atomic E-state index is 0.0332. The first-order valence-electron chi connectivity index (χ1n) is 6.83. The Morgan fingerprint density at radius 1 is 1.32 bits per heavy atom. The second kappa shape index (κ2) is 6.00. The molecule has 1 aliphatic rings. The highest BCUT2D eigenvalue weighted by Crippen LogP contribution is 2.32. The van der Waals surface area contributed by atoms with Crippen molar-refractivity contribution in [2.45, 2.75) is 32.6 Å². The van der Waals surface area contributed by atoms with Crippen molar-refractivity contribution in [3.05, 3.63) is 35.4 Å². The molecule has 0 bridgehead atoms. The maximum Gasteiger partial charge on any atom is 0.316 e. The molecule has 2 rings (SSSR count). The zero-order valence-corrected chi connectivity index (χ0v) is 11.5. The smallest absolute Gasteiger partial charge is 0.316 e. The number of carbonyl (C=O) groups excluding carboxylic acids is 2. The van der Waals surface area contributed by atoms with Crippen molar-refractivity contribution in [1.29, 1.82) is 0 Å². The van der Waals surface area contributed by atoms with Crippen LogP contribution in [-0.2, 0) is 27.2 Å². The van der Waals surface area contributed by atoms with E-state index in [1.807, 2.05) is 12.1 Å². The van der Waals surface area contributed by atoms with E-state index >= 15 is 0 Å². The number of carbonyl (C=O) groups is 2. The van der Waals surface area contributed by atoms with Gasteiger partial charge in [-0.15, -0.1) is 0 Å². The van der Waals surface area contributed by atoms with Crippen molar-refractivity contribution in [1.82, 2.24) is 0 Å². The van der Waals surface area contributed by atoms with E-state index in [0.717, 1.165) is 12.8 Å². The summed E-state index contributed by atoms with van der Waals surface area (Å²) >= 11 is 0. The van der Waals surface area contributed by atoms with Crippen molar-refractivity contribution in [3.8, 4) is 0 Å². The van der Waals surface area contributed by atoms with Crippen LogP contribution in [0.25, 0.3) is 0 Å². The molecule has 0 amide bonds. The minimum Gasteiger partial charge on any atom is -0.468 e. The fourth-order valence-corrected chi connectivity index (χ4v) is 2.91. The SMILES string of the molecule is CCc1ccccc1CC1CC(=O)C(C(=O)OC)C1. The van der Waals surface area contributed by atoms with E-state index < -0.39 is 5.92 Å². The number of Topliss-reactive ketones (excluding diaryl/α,β-unsaturated/α-hetero) is 1. The Bertz CT molecular complexity index is 479. The molecule has 3 heteroatoms. The highest BCUT2D eigenvalue weighted by atomic mass is 16.5. The highest BCUT2D eigenvalue weighted by Gasteiger charge is 2.38. The first-order chi connectivity index (χ1) is 9.15. The zero-order chi connectivity index (χ0) is 13.8. The van der Waals surface area contributed by atoms with Gasteiger partial charge in [-0.05, 0) is 36.3 Å². The molecule has 2 unspecified atom stereocenters. The number of methoxy groups -OCH3 is 1. The van der Waals surface area contributed by atoms with E-state index in [0.29, 0.717) is 12.8 Å². The predicted molar refractivity (Wildman–Crippen MR) is 72.8 cm³/mol. The second-order valence-corrected chi connectivity index (χ2v) is 5.17. The number of ether oxygens (including phenoxy) is 1. The van der Waals surface area contributed by atoms with Crippen LogP contribution in [0.5, 0.6) is 0 Å². The van der Waals surface area contributed by atoms with Crippen molar-refractivity contribution >= 4 is 11.8 Å². The molecule has 0 spiro atoms. The molecule has 3 nitrogen and oxygen atoms in total. The molecular formula is C16H20O3. The molecule has 1 aromatic carbocycles. The summed E-state index contributed by atoms with van der Waals surface area (Å²) in [5.74, 6) is -0.616. The number of benzene rings is 1. The Labute approximate surface area is 114 Å². The van der Waals surface area contributed by atoms with Gasteiger partial charge in [0, 0.05) is 6.42 Å². The molecule has 0 saturated heterocycles. The molecule has 19 heavy (non-hydrogen) atoms. The monoisotopic (exact) mass is 260 g/mol. The van der Waals surface area contributed by atoms with Gasteiger partial charge in [0.15, 0.2) is 0 Å². The van der Waals surface area contributed by atoms with Gasteiger partial charge in [-0.25, -0.2) is 0 Å². The summed E-state index contributed by atoms with van der Waals surface area (Å²) in [5.41, 5.74) is 2.63. The number of hydrogen-bond acceptors (Lipinski definition) is 3. The third-order valence-electron chi connectivity index (χ3n) is 3.94. The van der Waals surface area contributed by atoms with Gasteiger partial charge >= 0.3 is 5.97 Å². The van der Waals surface area contributed by atoms with E-state index in [2.05, 4.69) is 23.8 Å². The Kier molecular flexibility index (Phi) is 4.35. The Morgan fingerprint density at radius 2 is 2.00 bits per heavy atom. The number of rotatable bonds is 4. The quantitative estimate of drug-likeness (QED) is 0.617. The summed E-state index contributed by atoms with van der Waals surface area (Å²) in [4.78, 5) is 23.3. The lowest BCUT2D eigenvalue weighted by atomic mass is 9.93. The molecule has 102 valence electrons. The molecule has 1 aliphatic carbocycles. The van der Waals surface area contributed by atoms with Crippen LogP contribution in [0.2, 0.25) is 0 Å². The lowest BCUT2D eigenvalue weighted by Gasteiger charge is -2.12. The van der Waals surface area contributed by atoms with Crippen LogP contribution in [0.1, 0.15) is 30.9 Å². The van der Waals surface area contributed by atoms with Crippen molar-refractivity contribution < 1.29 is 14.3 Å². The topological polar surface area (TPSA) is 43.4 Å². The summed E-state index contributed by atoms with van der Waals surface area (Å²) < 4.78 is 4.69. The Hall–Kier alpha value is -1.64. The summed E-state index contributed by atoms with van der Waals surface area (Å²) in [5, 5.41) is 0. The first-order valence-corrected chi connectivity index (χ1v) is 6.83. The van der Waals surface area contributed by atoms with Gasteiger partial charge in [0.2, 0.25) is 0 Å². The van der Waals surface area contributed by atoms with E-state index in [4.69, 9.17) is 0 Å². The molecule has 2 atom stereocenters. The van der Waals surface area contributed by atoms with Crippen molar-refractivity contribution in [2.24, 2.45) is 11.8 Å². The van der Waals surface area contributed by atoms with Gasteiger partial charge in [0.25, 0.3) is 0 Å². The lowest BCUT2D eigenvalue weighted by molar-refractivity contribution is -0.148. The average Bonchev–Trinajstić information content (AvgIpc) is 2.79. The molecular weight excluding hydrogens is 240 g/mol. The summed E-state index contributed by atoms with van der Waals surface area (Å²) in [6.45, 7) is 2.13. The molecule has 0 radical (unpaired) electrons. The number of ketones is 1. The average molecular weight is 260 g/mol. The summed E-state index contributed by atoms with van der Waals surface area (Å²) in [6, 6.07) is 8.32. The van der Waals surface area contributed by atoms with E-state index in [9.17, 15) is 9.59 Å². The van der Waals surface area contributed by atoms with Gasteiger partial charge in [-0.1, -0.05) is 31.2 Å². The zero-order valence-electron chi connectivity index (χ0n) is 11.5. The molecule has 1 fully saturated rings. The van der Waals surface area contributed by atoms with Gasteiger partial charge in [0.05, 0.1) is 7.11 Å².